The molecule has 1 N–H and O–H groups in total. The van der Waals surface area contributed by atoms with Crippen molar-refractivity contribution in [2.45, 2.75) is 33.2 Å². The van der Waals surface area contributed by atoms with E-state index in [0.717, 1.165) is 23.1 Å². The van der Waals surface area contributed by atoms with Crippen molar-refractivity contribution < 1.29 is 9.90 Å². The monoisotopic (exact) mass is 245 g/mol. The summed E-state index contributed by atoms with van der Waals surface area (Å²) in [6.07, 6.45) is 0. The lowest BCUT2D eigenvalue weighted by atomic mass is 10.1. The van der Waals surface area contributed by atoms with Gasteiger partial charge in [0.1, 0.15) is 0 Å². The normalized spacial score (nSPS) is 13.1. The number of fused-ring (bicyclic) bond motifs is 1. The third-order valence-electron chi connectivity index (χ3n) is 3.20. The van der Waals surface area contributed by atoms with Gasteiger partial charge in [-0.25, -0.2) is 0 Å². The van der Waals surface area contributed by atoms with Crippen LogP contribution in [0.5, 0.6) is 0 Å². The number of benzene rings is 1. The molecule has 0 aliphatic rings. The zero-order valence-corrected chi connectivity index (χ0v) is 11.1. The SMILES string of the molecule is CC(C)Cn1c(C(C)C(=O)O)cc2ccccc21. The van der Waals surface area contributed by atoms with Gasteiger partial charge in [-0.1, -0.05) is 32.0 Å². The van der Waals surface area contributed by atoms with Gasteiger partial charge in [0.2, 0.25) is 0 Å². The first-order chi connectivity index (χ1) is 8.50. The summed E-state index contributed by atoms with van der Waals surface area (Å²) in [4.78, 5) is 11.2. The molecular weight excluding hydrogens is 226 g/mol. The van der Waals surface area contributed by atoms with Gasteiger partial charge in [-0.15, -0.1) is 0 Å². The molecule has 0 spiro atoms. The molecule has 18 heavy (non-hydrogen) atoms. The van der Waals surface area contributed by atoms with Crippen LogP contribution in [0, 0.1) is 5.92 Å². The molecule has 0 aliphatic heterocycles. The Morgan fingerprint density at radius 2 is 1.94 bits per heavy atom. The molecule has 1 unspecified atom stereocenters. The maximum atomic E-state index is 11.2. The zero-order chi connectivity index (χ0) is 13.3. The first kappa shape index (κ1) is 12.7. The van der Waals surface area contributed by atoms with Gasteiger partial charge in [0.05, 0.1) is 5.92 Å². The summed E-state index contributed by atoms with van der Waals surface area (Å²) in [5.41, 5.74) is 2.01. The minimum absolute atomic E-state index is 0.476. The Labute approximate surface area is 107 Å². The van der Waals surface area contributed by atoms with E-state index in [4.69, 9.17) is 0 Å². The molecule has 1 aromatic heterocycles. The molecule has 0 radical (unpaired) electrons. The number of carbonyl (C=O) groups is 1. The number of nitrogens with zero attached hydrogens (tertiary/aromatic N) is 1. The highest BCUT2D eigenvalue weighted by Crippen LogP contribution is 2.26. The Morgan fingerprint density at radius 3 is 2.56 bits per heavy atom. The van der Waals surface area contributed by atoms with Gasteiger partial charge in [-0.3, -0.25) is 4.79 Å². The topological polar surface area (TPSA) is 42.2 Å². The van der Waals surface area contributed by atoms with Crippen LogP contribution in [0.2, 0.25) is 0 Å². The van der Waals surface area contributed by atoms with Crippen LogP contribution in [0.15, 0.2) is 30.3 Å². The summed E-state index contributed by atoms with van der Waals surface area (Å²) in [5, 5.41) is 10.3. The van der Waals surface area contributed by atoms with Crippen LogP contribution in [0.3, 0.4) is 0 Å². The lowest BCUT2D eigenvalue weighted by molar-refractivity contribution is -0.138. The van der Waals surface area contributed by atoms with Crippen molar-refractivity contribution in [1.82, 2.24) is 4.57 Å². The predicted molar refractivity (Wildman–Crippen MR) is 72.8 cm³/mol. The van der Waals surface area contributed by atoms with Crippen molar-refractivity contribution in [1.29, 1.82) is 0 Å². The first-order valence-electron chi connectivity index (χ1n) is 6.31. The Bertz CT molecular complexity index is 569. The molecule has 96 valence electrons. The Balaban J connectivity index is 2.60. The van der Waals surface area contributed by atoms with Crippen LogP contribution < -0.4 is 0 Å². The van der Waals surface area contributed by atoms with E-state index in [-0.39, 0.29) is 0 Å². The molecule has 1 aromatic carbocycles. The third-order valence-corrected chi connectivity index (χ3v) is 3.20. The second kappa shape index (κ2) is 4.84. The zero-order valence-electron chi connectivity index (χ0n) is 11.1. The summed E-state index contributed by atoms with van der Waals surface area (Å²) >= 11 is 0. The predicted octanol–water partition coefficient (Wildman–Crippen LogP) is 3.49. The smallest absolute Gasteiger partial charge is 0.312 e. The van der Waals surface area contributed by atoms with E-state index in [9.17, 15) is 9.90 Å². The minimum Gasteiger partial charge on any atom is -0.481 e. The van der Waals surface area contributed by atoms with Crippen molar-refractivity contribution in [3.05, 3.63) is 36.0 Å². The van der Waals surface area contributed by atoms with E-state index in [1.54, 1.807) is 6.92 Å². The van der Waals surface area contributed by atoms with Gasteiger partial charge in [0.25, 0.3) is 0 Å². The van der Waals surface area contributed by atoms with Crippen molar-refractivity contribution in [3.63, 3.8) is 0 Å². The third kappa shape index (κ3) is 2.26. The molecule has 0 bridgehead atoms. The fraction of sp³-hybridized carbons (Fsp3) is 0.400. The minimum atomic E-state index is -0.775. The van der Waals surface area contributed by atoms with Crippen molar-refractivity contribution in [2.75, 3.05) is 0 Å². The molecule has 0 aliphatic carbocycles. The number of rotatable bonds is 4. The molecule has 3 nitrogen and oxygen atoms in total. The average molecular weight is 245 g/mol. The summed E-state index contributed by atoms with van der Waals surface area (Å²) < 4.78 is 2.14. The molecule has 2 rings (SSSR count). The fourth-order valence-electron chi connectivity index (χ4n) is 2.29. The quantitative estimate of drug-likeness (QED) is 0.896. The molecule has 1 atom stereocenters. The number of aromatic nitrogens is 1. The van der Waals surface area contributed by atoms with Crippen LogP contribution in [0.25, 0.3) is 10.9 Å². The van der Waals surface area contributed by atoms with Crippen molar-refractivity contribution in [2.24, 2.45) is 5.92 Å². The van der Waals surface area contributed by atoms with Crippen LogP contribution >= 0.6 is 0 Å². The number of hydrogen-bond donors (Lipinski definition) is 1. The van der Waals surface area contributed by atoms with Crippen LogP contribution in [-0.4, -0.2) is 15.6 Å². The summed E-state index contributed by atoms with van der Waals surface area (Å²) in [5.74, 6) is -0.764. The van der Waals surface area contributed by atoms with E-state index in [2.05, 4.69) is 24.5 Å². The highest BCUT2D eigenvalue weighted by molar-refractivity contribution is 5.84. The van der Waals surface area contributed by atoms with Gasteiger partial charge < -0.3 is 9.67 Å². The number of carboxylic acid groups (broad SMARTS) is 1. The fourth-order valence-corrected chi connectivity index (χ4v) is 2.29. The summed E-state index contributed by atoms with van der Waals surface area (Å²) in [6.45, 7) is 6.88. The summed E-state index contributed by atoms with van der Waals surface area (Å²) in [7, 11) is 0. The standard InChI is InChI=1S/C15H19NO2/c1-10(2)9-16-13-7-5-4-6-12(13)8-14(16)11(3)15(17)18/h4-8,10-11H,9H2,1-3H3,(H,17,18). The molecule has 0 amide bonds. The summed E-state index contributed by atoms with van der Waals surface area (Å²) in [6, 6.07) is 10.1. The second-order valence-electron chi connectivity index (χ2n) is 5.19. The molecular formula is C15H19NO2. The molecule has 3 heteroatoms. The van der Waals surface area contributed by atoms with Crippen molar-refractivity contribution >= 4 is 16.9 Å². The molecule has 0 saturated carbocycles. The molecule has 2 aromatic rings. The number of para-hydroxylation sites is 1. The van der Waals surface area contributed by atoms with Gasteiger partial charge in [0, 0.05) is 17.8 Å². The van der Waals surface area contributed by atoms with E-state index in [1.165, 1.54) is 0 Å². The average Bonchev–Trinajstić information content (AvgIpc) is 2.66. The van der Waals surface area contributed by atoms with Crippen molar-refractivity contribution in [3.8, 4) is 0 Å². The maximum Gasteiger partial charge on any atom is 0.312 e. The number of carboxylic acids is 1. The lowest BCUT2D eigenvalue weighted by Crippen LogP contribution is -2.15. The first-order valence-corrected chi connectivity index (χ1v) is 6.31. The Hall–Kier alpha value is -1.77. The van der Waals surface area contributed by atoms with E-state index >= 15 is 0 Å². The molecule has 0 saturated heterocycles. The largest absolute Gasteiger partial charge is 0.481 e. The number of hydrogen-bond acceptors (Lipinski definition) is 1. The lowest BCUT2D eigenvalue weighted by Gasteiger charge is -2.15. The highest BCUT2D eigenvalue weighted by Gasteiger charge is 2.20. The molecule has 1 heterocycles. The van der Waals surface area contributed by atoms with Gasteiger partial charge in [0.15, 0.2) is 0 Å². The van der Waals surface area contributed by atoms with E-state index in [1.807, 2.05) is 24.3 Å². The second-order valence-corrected chi connectivity index (χ2v) is 5.19. The van der Waals surface area contributed by atoms with Crippen LogP contribution in [0.1, 0.15) is 32.4 Å². The highest BCUT2D eigenvalue weighted by atomic mass is 16.4. The van der Waals surface area contributed by atoms with Crippen LogP contribution in [0.4, 0.5) is 0 Å². The van der Waals surface area contributed by atoms with E-state index in [0.29, 0.717) is 5.92 Å². The van der Waals surface area contributed by atoms with Gasteiger partial charge >= 0.3 is 5.97 Å². The Kier molecular flexibility index (Phi) is 3.41. The van der Waals surface area contributed by atoms with Crippen LogP contribution in [-0.2, 0) is 11.3 Å². The number of aliphatic carboxylic acids is 1. The molecule has 0 fully saturated rings. The van der Waals surface area contributed by atoms with Gasteiger partial charge in [-0.05, 0) is 30.4 Å². The van der Waals surface area contributed by atoms with Gasteiger partial charge in [-0.2, -0.15) is 0 Å². The van der Waals surface area contributed by atoms with E-state index < -0.39 is 11.9 Å². The Morgan fingerprint density at radius 1 is 1.28 bits per heavy atom. The maximum absolute atomic E-state index is 11.2.